The maximum Gasteiger partial charge on any atom is 0.267 e. The average molecular weight is 400 g/mol. The number of fused-ring (bicyclic) bond motifs is 1. The number of primary amides is 1. The smallest absolute Gasteiger partial charge is 0.267 e. The predicted octanol–water partition coefficient (Wildman–Crippen LogP) is 2.93. The molecule has 8 heteroatoms. The minimum absolute atomic E-state index is 0.131. The second-order valence-corrected chi connectivity index (χ2v) is 7.39. The molecular formula is C20H19ClFN5O. The van der Waals surface area contributed by atoms with E-state index >= 15 is 0 Å². The third-order valence-corrected chi connectivity index (χ3v) is 5.13. The molecule has 0 spiro atoms. The molecule has 28 heavy (non-hydrogen) atoms. The molecule has 1 aromatic carbocycles. The van der Waals surface area contributed by atoms with Crippen molar-refractivity contribution in [1.29, 1.82) is 0 Å². The third kappa shape index (κ3) is 3.63. The number of hydrogen-bond donors (Lipinski definition) is 1. The zero-order valence-corrected chi connectivity index (χ0v) is 16.1. The lowest BCUT2D eigenvalue weighted by atomic mass is 9.92. The van der Waals surface area contributed by atoms with Crippen LogP contribution in [0, 0.1) is 5.82 Å². The quantitative estimate of drug-likeness (QED) is 0.731. The Morgan fingerprint density at radius 2 is 2.14 bits per heavy atom. The Morgan fingerprint density at radius 1 is 1.32 bits per heavy atom. The summed E-state index contributed by atoms with van der Waals surface area (Å²) in [7, 11) is 1.88. The molecule has 1 aliphatic heterocycles. The van der Waals surface area contributed by atoms with Gasteiger partial charge >= 0.3 is 0 Å². The highest BCUT2D eigenvalue weighted by molar-refractivity contribution is 6.30. The number of nitrogens with zero attached hydrogens (tertiary/aromatic N) is 4. The number of carbonyl (C=O) groups is 1. The van der Waals surface area contributed by atoms with Crippen LogP contribution in [-0.2, 0) is 26.6 Å². The van der Waals surface area contributed by atoms with Crippen molar-refractivity contribution in [2.45, 2.75) is 19.5 Å². The Morgan fingerprint density at radius 3 is 2.82 bits per heavy atom. The van der Waals surface area contributed by atoms with Crippen LogP contribution in [0.5, 0.6) is 0 Å². The first-order valence-electron chi connectivity index (χ1n) is 8.88. The van der Waals surface area contributed by atoms with Crippen LogP contribution in [0.1, 0.15) is 27.3 Å². The van der Waals surface area contributed by atoms with Crippen LogP contribution in [0.15, 0.2) is 36.7 Å². The molecule has 6 nitrogen and oxygen atoms in total. The number of pyridine rings is 1. The van der Waals surface area contributed by atoms with Crippen LogP contribution in [0.4, 0.5) is 4.39 Å². The van der Waals surface area contributed by atoms with Gasteiger partial charge < -0.3 is 5.73 Å². The zero-order chi connectivity index (χ0) is 19.8. The highest BCUT2D eigenvalue weighted by Gasteiger charge is 2.24. The molecule has 0 aliphatic carbocycles. The lowest BCUT2D eigenvalue weighted by Crippen LogP contribution is -2.32. The Kier molecular flexibility index (Phi) is 4.87. The van der Waals surface area contributed by atoms with E-state index in [1.54, 1.807) is 22.9 Å². The highest BCUT2D eigenvalue weighted by Crippen LogP contribution is 2.33. The molecule has 0 bridgehead atoms. The van der Waals surface area contributed by atoms with Gasteiger partial charge in [-0.1, -0.05) is 11.6 Å². The van der Waals surface area contributed by atoms with Gasteiger partial charge in [-0.25, -0.2) is 9.37 Å². The van der Waals surface area contributed by atoms with E-state index in [1.165, 1.54) is 6.07 Å². The molecule has 3 heterocycles. The number of nitrogens with two attached hydrogens (primary N) is 1. The second kappa shape index (κ2) is 7.33. The van der Waals surface area contributed by atoms with Crippen molar-refractivity contribution in [3.63, 3.8) is 0 Å². The topological polar surface area (TPSA) is 77.0 Å². The van der Waals surface area contributed by atoms with Crippen molar-refractivity contribution < 1.29 is 9.18 Å². The van der Waals surface area contributed by atoms with Crippen molar-refractivity contribution >= 4 is 17.5 Å². The lowest BCUT2D eigenvalue weighted by molar-refractivity contribution is 0.0995. The molecule has 3 aromatic rings. The summed E-state index contributed by atoms with van der Waals surface area (Å²) in [4.78, 5) is 18.5. The van der Waals surface area contributed by atoms with E-state index < -0.39 is 11.7 Å². The van der Waals surface area contributed by atoms with Gasteiger partial charge in [-0.15, -0.1) is 0 Å². The van der Waals surface area contributed by atoms with Gasteiger partial charge in [0.2, 0.25) is 0 Å². The van der Waals surface area contributed by atoms with Gasteiger partial charge in [-0.3, -0.25) is 14.4 Å². The fourth-order valence-electron chi connectivity index (χ4n) is 3.62. The predicted molar refractivity (Wildman–Crippen MR) is 104 cm³/mol. The van der Waals surface area contributed by atoms with Crippen LogP contribution in [-0.4, -0.2) is 32.1 Å². The van der Waals surface area contributed by atoms with Crippen molar-refractivity contribution in [1.82, 2.24) is 19.7 Å². The number of carbonyl (C=O) groups excluding carboxylic acids is 1. The average Bonchev–Trinajstić information content (AvgIpc) is 3.05. The third-order valence-electron chi connectivity index (χ3n) is 4.90. The SMILES string of the molecule is Cn1cc(CN2CCc3c(-c4ccc(Cl)cc4F)cc(C(N)=O)nc3C2)cn1. The van der Waals surface area contributed by atoms with Crippen LogP contribution in [0.2, 0.25) is 5.02 Å². The fraction of sp³-hybridized carbons (Fsp3) is 0.250. The zero-order valence-electron chi connectivity index (χ0n) is 15.3. The molecule has 4 rings (SSSR count). The Labute approximate surface area is 166 Å². The van der Waals surface area contributed by atoms with E-state index in [4.69, 9.17) is 17.3 Å². The maximum absolute atomic E-state index is 14.6. The Hall–Kier alpha value is -2.77. The van der Waals surface area contributed by atoms with Gasteiger partial charge in [0.25, 0.3) is 5.91 Å². The van der Waals surface area contributed by atoms with E-state index in [-0.39, 0.29) is 5.69 Å². The first kappa shape index (κ1) is 18.6. The molecule has 0 saturated heterocycles. The van der Waals surface area contributed by atoms with Crippen molar-refractivity contribution in [3.8, 4) is 11.1 Å². The molecule has 0 saturated carbocycles. The van der Waals surface area contributed by atoms with Gasteiger partial charge in [-0.05, 0) is 41.8 Å². The molecular weight excluding hydrogens is 381 g/mol. The number of rotatable bonds is 4. The molecule has 0 radical (unpaired) electrons. The first-order valence-corrected chi connectivity index (χ1v) is 9.26. The van der Waals surface area contributed by atoms with Crippen LogP contribution < -0.4 is 5.73 Å². The standard InChI is InChI=1S/C20H19ClFN5O/c1-26-9-12(8-24-26)10-27-5-4-15-16(14-3-2-13(21)6-17(14)22)7-18(20(23)28)25-19(15)11-27/h2-3,6-9H,4-5,10-11H2,1H3,(H2,23,28). The van der Waals surface area contributed by atoms with Crippen molar-refractivity contribution in [3.05, 3.63) is 70.0 Å². The van der Waals surface area contributed by atoms with Gasteiger partial charge in [0.15, 0.2) is 0 Å². The van der Waals surface area contributed by atoms with E-state index in [0.29, 0.717) is 29.1 Å². The number of aryl methyl sites for hydroxylation is 1. The number of hydrogen-bond acceptors (Lipinski definition) is 4. The minimum Gasteiger partial charge on any atom is -0.364 e. The lowest BCUT2D eigenvalue weighted by Gasteiger charge is -2.29. The van der Waals surface area contributed by atoms with Gasteiger partial charge in [0, 0.05) is 49.0 Å². The van der Waals surface area contributed by atoms with Gasteiger partial charge in [0.1, 0.15) is 11.5 Å². The molecule has 2 aromatic heterocycles. The van der Waals surface area contributed by atoms with Crippen molar-refractivity contribution in [2.24, 2.45) is 12.8 Å². The molecule has 0 unspecified atom stereocenters. The van der Waals surface area contributed by atoms with Gasteiger partial charge in [0.05, 0.1) is 11.9 Å². The maximum atomic E-state index is 14.6. The second-order valence-electron chi connectivity index (χ2n) is 6.95. The van der Waals surface area contributed by atoms with Crippen LogP contribution in [0.25, 0.3) is 11.1 Å². The summed E-state index contributed by atoms with van der Waals surface area (Å²) < 4.78 is 16.3. The summed E-state index contributed by atoms with van der Waals surface area (Å²) in [5.41, 5.74) is 9.43. The molecule has 0 atom stereocenters. The van der Waals surface area contributed by atoms with Crippen molar-refractivity contribution in [2.75, 3.05) is 6.54 Å². The summed E-state index contributed by atoms with van der Waals surface area (Å²) in [5.74, 6) is -1.07. The summed E-state index contributed by atoms with van der Waals surface area (Å²) in [6.45, 7) is 2.07. The fourth-order valence-corrected chi connectivity index (χ4v) is 3.77. The van der Waals surface area contributed by atoms with Crippen LogP contribution in [0.3, 0.4) is 0 Å². The Bertz CT molecular complexity index is 1060. The summed E-state index contributed by atoms with van der Waals surface area (Å²) >= 11 is 5.89. The number of aromatic nitrogens is 3. The number of amides is 1. The monoisotopic (exact) mass is 399 g/mol. The molecule has 0 fully saturated rings. The van der Waals surface area contributed by atoms with Crippen LogP contribution >= 0.6 is 11.6 Å². The van der Waals surface area contributed by atoms with E-state index in [1.807, 2.05) is 19.4 Å². The first-order chi connectivity index (χ1) is 13.4. The van der Waals surface area contributed by atoms with Gasteiger partial charge in [-0.2, -0.15) is 5.10 Å². The summed E-state index contributed by atoms with van der Waals surface area (Å²) in [5, 5.41) is 4.52. The molecule has 2 N–H and O–H groups in total. The molecule has 1 amide bonds. The normalized spacial score (nSPS) is 14.1. The highest BCUT2D eigenvalue weighted by atomic mass is 35.5. The number of benzene rings is 1. The minimum atomic E-state index is -0.636. The number of halogens is 2. The van der Waals surface area contributed by atoms with E-state index in [2.05, 4.69) is 15.0 Å². The van der Waals surface area contributed by atoms with E-state index in [0.717, 1.165) is 29.9 Å². The summed E-state index contributed by atoms with van der Waals surface area (Å²) in [6.07, 6.45) is 4.49. The van der Waals surface area contributed by atoms with E-state index in [9.17, 15) is 9.18 Å². The summed E-state index contributed by atoms with van der Waals surface area (Å²) in [6, 6.07) is 6.10. The Balaban J connectivity index is 1.73. The molecule has 144 valence electrons. The molecule has 1 aliphatic rings. The largest absolute Gasteiger partial charge is 0.364 e.